The lowest BCUT2D eigenvalue weighted by molar-refractivity contribution is 0.0977. The molecule has 0 aromatic heterocycles. The molecule has 2 amide bonds. The third kappa shape index (κ3) is 3.20. The van der Waals surface area contributed by atoms with Crippen LogP contribution in [0.25, 0.3) is 0 Å². The Balaban J connectivity index is 2.25. The Morgan fingerprint density at radius 2 is 1.84 bits per heavy atom. The molecule has 1 radical (unpaired) electrons. The van der Waals surface area contributed by atoms with Gasteiger partial charge in [0.2, 0.25) is 5.91 Å². The van der Waals surface area contributed by atoms with Gasteiger partial charge in [-0.3, -0.25) is 9.59 Å². The van der Waals surface area contributed by atoms with Gasteiger partial charge in [0.25, 0.3) is 5.91 Å². The largest absolute Gasteiger partial charge is 0.366 e. The van der Waals surface area contributed by atoms with E-state index in [1.807, 2.05) is 0 Å². The molecule has 3 N–H and O–H groups in total. The van der Waals surface area contributed by atoms with Gasteiger partial charge >= 0.3 is 0 Å². The van der Waals surface area contributed by atoms with Gasteiger partial charge in [-0.25, -0.2) is 0 Å². The zero-order chi connectivity index (χ0) is 13.8. The molecule has 2 aromatic rings. The number of rotatable bonds is 3. The Bertz CT molecular complexity index is 624. The minimum Gasteiger partial charge on any atom is -0.366 e. The predicted octanol–water partition coefficient (Wildman–Crippen LogP) is 2.60. The molecule has 19 heavy (non-hydrogen) atoms. The normalized spacial score (nSPS) is 9.95. The number of halogens is 1. The first-order chi connectivity index (χ1) is 9.08. The van der Waals surface area contributed by atoms with Crippen molar-refractivity contribution >= 4 is 33.4 Å². The Hall–Kier alpha value is -2.14. The van der Waals surface area contributed by atoms with E-state index in [1.165, 1.54) is 6.07 Å². The second-order valence-corrected chi connectivity index (χ2v) is 4.70. The summed E-state index contributed by atoms with van der Waals surface area (Å²) in [6, 6.07) is 14.5. The van der Waals surface area contributed by atoms with Gasteiger partial charge in [0.05, 0.1) is 11.1 Å². The highest BCUT2D eigenvalue weighted by molar-refractivity contribution is 9.10. The number of nitrogens with one attached hydrogen (secondary N) is 1. The van der Waals surface area contributed by atoms with Crippen LogP contribution < -0.4 is 11.1 Å². The van der Waals surface area contributed by atoms with Crippen LogP contribution in [-0.4, -0.2) is 11.8 Å². The van der Waals surface area contributed by atoms with Gasteiger partial charge in [-0.2, -0.15) is 0 Å². The molecule has 5 heteroatoms. The molecule has 95 valence electrons. The lowest BCUT2D eigenvalue weighted by Gasteiger charge is -2.07. The van der Waals surface area contributed by atoms with E-state index in [2.05, 4.69) is 27.3 Å². The number of anilines is 1. The summed E-state index contributed by atoms with van der Waals surface area (Å²) in [5.41, 5.74) is 6.13. The van der Waals surface area contributed by atoms with Crippen LogP contribution in [0.2, 0.25) is 0 Å². The highest BCUT2D eigenvalue weighted by atomic mass is 79.9. The van der Waals surface area contributed by atoms with E-state index in [0.717, 1.165) is 4.47 Å². The highest BCUT2D eigenvalue weighted by Gasteiger charge is 2.14. The molecule has 2 rings (SSSR count). The molecular weight excluding hydrogens is 308 g/mol. The Labute approximate surface area is 118 Å². The third-order valence-corrected chi connectivity index (χ3v) is 2.98. The molecule has 0 saturated carbocycles. The topological polar surface area (TPSA) is 72.2 Å². The van der Waals surface area contributed by atoms with Crippen molar-refractivity contribution in [2.24, 2.45) is 5.73 Å². The van der Waals surface area contributed by atoms with Crippen LogP contribution in [0.4, 0.5) is 5.69 Å². The summed E-state index contributed by atoms with van der Waals surface area (Å²) in [4.78, 5) is 23.3. The average Bonchev–Trinajstić information content (AvgIpc) is 2.41. The molecule has 0 aliphatic heterocycles. The Morgan fingerprint density at radius 3 is 2.47 bits per heavy atom. The van der Waals surface area contributed by atoms with Crippen molar-refractivity contribution in [2.45, 2.75) is 0 Å². The number of carbonyl (C=O) groups is 2. The second kappa shape index (κ2) is 5.67. The molecule has 0 aliphatic rings. The summed E-state index contributed by atoms with van der Waals surface area (Å²) >= 11 is 3.31. The van der Waals surface area contributed by atoms with Crippen molar-refractivity contribution in [2.75, 3.05) is 5.32 Å². The first kappa shape index (κ1) is 13.3. The van der Waals surface area contributed by atoms with Gasteiger partial charge in [0.15, 0.2) is 0 Å². The first-order valence-corrected chi connectivity index (χ1v) is 6.24. The Morgan fingerprint density at radius 1 is 1.16 bits per heavy atom. The maximum Gasteiger partial charge on any atom is 0.257 e. The van der Waals surface area contributed by atoms with E-state index in [0.29, 0.717) is 5.69 Å². The standard InChI is InChI=1S/C14H10BrN2O2/c15-9-5-7-10(8-6-9)17-14(19)12-4-2-1-3-11(12)13(16)18/h1-3,5-8H,(H2,16,18)(H,17,19). The summed E-state index contributed by atoms with van der Waals surface area (Å²) in [5.74, 6) is -1.07. The van der Waals surface area contributed by atoms with Gasteiger partial charge in [-0.05, 0) is 36.4 Å². The molecule has 0 unspecified atom stereocenters. The molecule has 0 atom stereocenters. The fourth-order valence-corrected chi connectivity index (χ4v) is 1.82. The number of primary amides is 1. The van der Waals surface area contributed by atoms with E-state index in [9.17, 15) is 9.59 Å². The number of amides is 2. The summed E-state index contributed by atoms with van der Waals surface area (Å²) in [6.07, 6.45) is 0. The molecular formula is C14H10BrN2O2. The van der Waals surface area contributed by atoms with Crippen LogP contribution >= 0.6 is 15.9 Å². The fourth-order valence-electron chi connectivity index (χ4n) is 1.56. The van der Waals surface area contributed by atoms with Crippen molar-refractivity contribution in [1.82, 2.24) is 0 Å². The van der Waals surface area contributed by atoms with Gasteiger partial charge in [0, 0.05) is 10.2 Å². The van der Waals surface area contributed by atoms with Crippen molar-refractivity contribution in [1.29, 1.82) is 0 Å². The molecule has 4 nitrogen and oxygen atoms in total. The molecule has 0 spiro atoms. The maximum absolute atomic E-state index is 12.1. The molecule has 0 heterocycles. The van der Waals surface area contributed by atoms with Crippen molar-refractivity contribution in [3.8, 4) is 0 Å². The molecule has 0 bridgehead atoms. The van der Waals surface area contributed by atoms with Crippen LogP contribution in [0, 0.1) is 6.07 Å². The fraction of sp³-hybridized carbons (Fsp3) is 0. The smallest absolute Gasteiger partial charge is 0.257 e. The zero-order valence-corrected chi connectivity index (χ0v) is 11.4. The lowest BCUT2D eigenvalue weighted by Crippen LogP contribution is -2.20. The predicted molar refractivity (Wildman–Crippen MR) is 75.9 cm³/mol. The maximum atomic E-state index is 12.1. The summed E-state index contributed by atoms with van der Waals surface area (Å²) in [7, 11) is 0. The number of nitrogens with two attached hydrogens (primary N) is 1. The first-order valence-electron chi connectivity index (χ1n) is 5.45. The minimum absolute atomic E-state index is 0.137. The van der Waals surface area contributed by atoms with Crippen molar-refractivity contribution in [3.63, 3.8) is 0 Å². The lowest BCUT2D eigenvalue weighted by atomic mass is 10.1. The molecule has 2 aromatic carbocycles. The van der Waals surface area contributed by atoms with Crippen LogP contribution in [0.5, 0.6) is 0 Å². The Kier molecular flexibility index (Phi) is 3.97. The van der Waals surface area contributed by atoms with Crippen LogP contribution in [0.15, 0.2) is 46.9 Å². The number of carbonyl (C=O) groups excluding carboxylic acids is 2. The van der Waals surface area contributed by atoms with Gasteiger partial charge < -0.3 is 11.1 Å². The van der Waals surface area contributed by atoms with Crippen LogP contribution in [-0.2, 0) is 0 Å². The summed E-state index contributed by atoms with van der Waals surface area (Å²) in [6.45, 7) is 0. The quantitative estimate of drug-likeness (QED) is 0.913. The highest BCUT2D eigenvalue weighted by Crippen LogP contribution is 2.16. The van der Waals surface area contributed by atoms with Gasteiger partial charge in [0.1, 0.15) is 0 Å². The monoisotopic (exact) mass is 317 g/mol. The average molecular weight is 318 g/mol. The molecule has 0 aliphatic carbocycles. The van der Waals surface area contributed by atoms with Crippen molar-refractivity contribution in [3.05, 3.63) is 64.1 Å². The van der Waals surface area contributed by atoms with Crippen LogP contribution in [0.1, 0.15) is 20.7 Å². The summed E-state index contributed by atoms with van der Waals surface area (Å²) in [5, 5.41) is 2.68. The van der Waals surface area contributed by atoms with Gasteiger partial charge in [-0.15, -0.1) is 0 Å². The second-order valence-electron chi connectivity index (χ2n) is 3.78. The van der Waals surface area contributed by atoms with E-state index in [1.54, 1.807) is 36.4 Å². The van der Waals surface area contributed by atoms with E-state index in [-0.39, 0.29) is 11.1 Å². The number of hydrogen-bond acceptors (Lipinski definition) is 2. The summed E-state index contributed by atoms with van der Waals surface area (Å²) < 4.78 is 0.912. The third-order valence-electron chi connectivity index (χ3n) is 2.45. The molecule has 0 saturated heterocycles. The zero-order valence-electron chi connectivity index (χ0n) is 9.81. The van der Waals surface area contributed by atoms with E-state index >= 15 is 0 Å². The van der Waals surface area contributed by atoms with E-state index in [4.69, 9.17) is 5.73 Å². The van der Waals surface area contributed by atoms with E-state index < -0.39 is 11.8 Å². The van der Waals surface area contributed by atoms with Crippen molar-refractivity contribution < 1.29 is 9.59 Å². The van der Waals surface area contributed by atoms with Gasteiger partial charge in [-0.1, -0.05) is 28.1 Å². The molecule has 0 fully saturated rings. The number of hydrogen-bond donors (Lipinski definition) is 2. The SMILES string of the molecule is NC(=O)c1ccc[c]c1C(=O)Nc1ccc(Br)cc1. The van der Waals surface area contributed by atoms with Crippen LogP contribution in [0.3, 0.4) is 0 Å². The minimum atomic E-state index is -0.655. The number of benzene rings is 2.